The van der Waals surface area contributed by atoms with Crippen molar-refractivity contribution in [3.63, 3.8) is 0 Å². The highest BCUT2D eigenvalue weighted by atomic mass is 16.3. The van der Waals surface area contributed by atoms with Crippen molar-refractivity contribution in [2.24, 2.45) is 5.92 Å². The normalized spacial score (nSPS) is 19.8. The highest BCUT2D eigenvalue weighted by Crippen LogP contribution is 2.67. The van der Waals surface area contributed by atoms with E-state index in [1.54, 1.807) is 0 Å². The molecule has 0 saturated heterocycles. The zero-order chi connectivity index (χ0) is 38.3. The van der Waals surface area contributed by atoms with Crippen LogP contribution in [0.15, 0.2) is 223 Å². The number of anilines is 3. The van der Waals surface area contributed by atoms with Crippen molar-refractivity contribution < 1.29 is 4.42 Å². The summed E-state index contributed by atoms with van der Waals surface area (Å²) in [5.74, 6) is 0.127. The maximum atomic E-state index is 6.36. The van der Waals surface area contributed by atoms with Crippen LogP contribution in [0.3, 0.4) is 0 Å². The smallest absolute Gasteiger partial charge is 0.135 e. The van der Waals surface area contributed by atoms with E-state index in [4.69, 9.17) is 4.42 Å². The van der Waals surface area contributed by atoms with Crippen molar-refractivity contribution >= 4 is 39.0 Å². The number of benzene rings is 8. The summed E-state index contributed by atoms with van der Waals surface area (Å²) in [6.45, 7) is 0. The van der Waals surface area contributed by atoms with Gasteiger partial charge in [0.2, 0.25) is 0 Å². The predicted octanol–water partition coefficient (Wildman–Crippen LogP) is 14.2. The summed E-state index contributed by atoms with van der Waals surface area (Å²) in [7, 11) is 0. The summed E-state index contributed by atoms with van der Waals surface area (Å²) in [6.07, 6.45) is 10.2. The van der Waals surface area contributed by atoms with Gasteiger partial charge in [-0.2, -0.15) is 0 Å². The minimum absolute atomic E-state index is 0.127. The number of nitrogens with zero attached hydrogens (tertiary/aromatic N) is 1. The number of furan rings is 1. The predicted molar refractivity (Wildman–Crippen MR) is 238 cm³/mol. The molecule has 2 heteroatoms. The van der Waals surface area contributed by atoms with Crippen LogP contribution in [0.25, 0.3) is 33.1 Å². The van der Waals surface area contributed by atoms with Gasteiger partial charge in [-0.3, -0.25) is 0 Å². The van der Waals surface area contributed by atoms with Gasteiger partial charge in [-0.25, -0.2) is 0 Å². The largest absolute Gasteiger partial charge is 0.456 e. The van der Waals surface area contributed by atoms with Crippen LogP contribution in [-0.2, 0) is 10.8 Å². The van der Waals surface area contributed by atoms with Crippen LogP contribution in [0.1, 0.15) is 45.4 Å². The van der Waals surface area contributed by atoms with Gasteiger partial charge in [-0.1, -0.05) is 176 Å². The molecule has 3 unspecified atom stereocenters. The molecule has 0 bridgehead atoms. The van der Waals surface area contributed by atoms with E-state index in [1.165, 1.54) is 50.1 Å². The fraction of sp³-hybridized carbons (Fsp3) is 0.0714. The molecule has 0 amide bonds. The van der Waals surface area contributed by atoms with Crippen LogP contribution >= 0.6 is 0 Å². The highest BCUT2D eigenvalue weighted by molar-refractivity contribution is 6.06. The summed E-state index contributed by atoms with van der Waals surface area (Å²) in [5, 5.41) is 2.23. The minimum atomic E-state index is -0.570. The van der Waals surface area contributed by atoms with Crippen LogP contribution < -0.4 is 4.90 Å². The number of allylic oxidation sites excluding steroid dienone is 4. The first kappa shape index (κ1) is 33.0. The van der Waals surface area contributed by atoms with Gasteiger partial charge in [-0.15, -0.1) is 0 Å². The third-order valence-corrected chi connectivity index (χ3v) is 13.2. The molecule has 1 heterocycles. The number of rotatable bonds is 6. The lowest BCUT2D eigenvalue weighted by Crippen LogP contribution is -2.47. The van der Waals surface area contributed by atoms with E-state index in [0.29, 0.717) is 0 Å². The fourth-order valence-corrected chi connectivity index (χ4v) is 11.1. The van der Waals surface area contributed by atoms with Crippen molar-refractivity contribution in [1.29, 1.82) is 0 Å². The minimum Gasteiger partial charge on any atom is -0.456 e. The molecule has 0 fully saturated rings. The molecule has 0 radical (unpaired) electrons. The maximum Gasteiger partial charge on any atom is 0.135 e. The van der Waals surface area contributed by atoms with E-state index in [1.807, 2.05) is 6.07 Å². The zero-order valence-electron chi connectivity index (χ0n) is 31.9. The average molecular weight is 742 g/mol. The van der Waals surface area contributed by atoms with E-state index < -0.39 is 10.8 Å². The Morgan fingerprint density at radius 2 is 1.12 bits per heavy atom. The second kappa shape index (κ2) is 12.7. The Hall–Kier alpha value is -7.16. The van der Waals surface area contributed by atoms with Crippen LogP contribution in [0, 0.1) is 5.92 Å². The maximum absolute atomic E-state index is 6.36. The summed E-state index contributed by atoms with van der Waals surface area (Å²) in [4.78, 5) is 2.47. The SMILES string of the molecule is C1=CCC(C2(c3ccccc3N(c3ccccc3)c3ccc4oc5ccccc5c4c3)c3ccccc3C3(c4ccccc4)c4ccccc4-c4cccc2c43)C=C1. The lowest BCUT2D eigenvalue weighted by molar-refractivity contribution is 0.424. The third kappa shape index (κ3) is 4.38. The van der Waals surface area contributed by atoms with Gasteiger partial charge in [0.15, 0.2) is 0 Å². The summed E-state index contributed by atoms with van der Waals surface area (Å²) < 4.78 is 6.36. The first-order chi connectivity index (χ1) is 28.8. The van der Waals surface area contributed by atoms with Crippen molar-refractivity contribution in [1.82, 2.24) is 0 Å². The van der Waals surface area contributed by atoms with Crippen molar-refractivity contribution in [3.05, 3.63) is 257 Å². The summed E-state index contributed by atoms with van der Waals surface area (Å²) in [5.41, 5.74) is 16.1. The molecule has 12 rings (SSSR count). The van der Waals surface area contributed by atoms with Crippen LogP contribution in [0.5, 0.6) is 0 Å². The van der Waals surface area contributed by atoms with Crippen molar-refractivity contribution in [3.8, 4) is 11.1 Å². The van der Waals surface area contributed by atoms with E-state index >= 15 is 0 Å². The lowest BCUT2D eigenvalue weighted by Gasteiger charge is -2.52. The second-order valence-corrected chi connectivity index (χ2v) is 15.9. The Kier molecular flexibility index (Phi) is 7.22. The molecule has 274 valence electrons. The van der Waals surface area contributed by atoms with E-state index in [-0.39, 0.29) is 5.92 Å². The summed E-state index contributed by atoms with van der Waals surface area (Å²) in [6, 6.07) is 72.0. The Morgan fingerprint density at radius 1 is 0.466 bits per heavy atom. The molecule has 0 N–H and O–H groups in total. The molecule has 58 heavy (non-hydrogen) atoms. The number of para-hydroxylation sites is 3. The Morgan fingerprint density at radius 3 is 1.95 bits per heavy atom. The van der Waals surface area contributed by atoms with Crippen LogP contribution in [-0.4, -0.2) is 0 Å². The van der Waals surface area contributed by atoms with Crippen molar-refractivity contribution in [2.45, 2.75) is 17.3 Å². The number of hydrogen-bond acceptors (Lipinski definition) is 2. The van der Waals surface area contributed by atoms with Gasteiger partial charge in [0.05, 0.1) is 16.5 Å². The molecule has 1 aromatic heterocycles. The molecule has 3 aliphatic carbocycles. The molecule has 9 aromatic rings. The zero-order valence-corrected chi connectivity index (χ0v) is 31.9. The molecular formula is C56H39NO. The molecule has 0 saturated carbocycles. The first-order valence-electron chi connectivity index (χ1n) is 20.4. The fourth-order valence-electron chi connectivity index (χ4n) is 11.1. The van der Waals surface area contributed by atoms with Gasteiger partial charge < -0.3 is 9.32 Å². The first-order valence-corrected chi connectivity index (χ1v) is 20.4. The van der Waals surface area contributed by atoms with Gasteiger partial charge >= 0.3 is 0 Å². The Balaban J connectivity index is 1.22. The molecular weight excluding hydrogens is 703 g/mol. The highest BCUT2D eigenvalue weighted by Gasteiger charge is 2.59. The lowest BCUT2D eigenvalue weighted by atomic mass is 9.49. The van der Waals surface area contributed by atoms with E-state index in [0.717, 1.165) is 45.4 Å². The standard InChI is InChI=1S/C56H39NO/c1-4-19-38(20-5-1)55(47-29-13-14-30-48(47)56(39-21-6-2-7-22-39)46-28-12-10-25-42(46)44-27-18-32-50(55)54(44)56)49-31-15-16-33-51(49)57(40-23-8-3-9-24-40)41-35-36-53-45(37-41)43-26-11-17-34-52(43)58-53/h1-19,21-38H,20H2. The Labute approximate surface area is 338 Å². The van der Waals surface area contributed by atoms with Crippen molar-refractivity contribution in [2.75, 3.05) is 4.90 Å². The van der Waals surface area contributed by atoms with Gasteiger partial charge in [-0.05, 0) is 105 Å². The van der Waals surface area contributed by atoms with Crippen LogP contribution in [0.4, 0.5) is 17.1 Å². The summed E-state index contributed by atoms with van der Waals surface area (Å²) >= 11 is 0. The molecule has 3 aliphatic rings. The van der Waals surface area contributed by atoms with Gasteiger partial charge in [0.25, 0.3) is 0 Å². The number of hydrogen-bond donors (Lipinski definition) is 0. The number of fused-ring (bicyclic) bond motifs is 8. The second-order valence-electron chi connectivity index (χ2n) is 15.9. The molecule has 0 spiro atoms. The third-order valence-electron chi connectivity index (χ3n) is 13.2. The van der Waals surface area contributed by atoms with E-state index in [2.05, 4.69) is 217 Å². The molecule has 0 aliphatic heterocycles. The average Bonchev–Trinajstić information content (AvgIpc) is 3.83. The van der Waals surface area contributed by atoms with E-state index in [9.17, 15) is 0 Å². The monoisotopic (exact) mass is 741 g/mol. The topological polar surface area (TPSA) is 16.4 Å². The molecule has 8 aromatic carbocycles. The van der Waals surface area contributed by atoms with Gasteiger partial charge in [0.1, 0.15) is 11.2 Å². The van der Waals surface area contributed by atoms with Crippen LogP contribution in [0.2, 0.25) is 0 Å². The van der Waals surface area contributed by atoms with Gasteiger partial charge in [0, 0.05) is 22.1 Å². The molecule has 3 atom stereocenters. The molecule has 2 nitrogen and oxygen atoms in total. The Bertz CT molecular complexity index is 3120. The quantitative estimate of drug-likeness (QED) is 0.169.